The molecule has 0 radical (unpaired) electrons. The van der Waals surface area contributed by atoms with Gasteiger partial charge in [0.15, 0.2) is 0 Å². The maximum Gasteiger partial charge on any atom is 0.123 e. The van der Waals surface area contributed by atoms with E-state index in [1.165, 1.54) is 12.1 Å². The van der Waals surface area contributed by atoms with Crippen molar-refractivity contribution < 1.29 is 4.39 Å². The highest BCUT2D eigenvalue weighted by Crippen LogP contribution is 2.21. The summed E-state index contributed by atoms with van der Waals surface area (Å²) in [5.74, 6) is -0.207. The number of nitrogens with zero attached hydrogens (tertiary/aromatic N) is 2. The van der Waals surface area contributed by atoms with Crippen LogP contribution in [0.1, 0.15) is 5.56 Å². The largest absolute Gasteiger partial charge is 0.383 e. The van der Waals surface area contributed by atoms with Crippen LogP contribution < -0.4 is 5.32 Å². The summed E-state index contributed by atoms with van der Waals surface area (Å²) in [5, 5.41) is 3.36. The number of hydrogen-bond donors (Lipinski definition) is 1. The van der Waals surface area contributed by atoms with Crippen LogP contribution in [0.25, 0.3) is 11.0 Å². The second-order valence-corrected chi connectivity index (χ2v) is 5.60. The van der Waals surface area contributed by atoms with Crippen molar-refractivity contribution in [2.45, 2.75) is 6.42 Å². The average molecular weight is 346 g/mol. The molecule has 0 amide bonds. The Labute approximate surface area is 130 Å². The highest BCUT2D eigenvalue weighted by molar-refractivity contribution is 9.10. The lowest BCUT2D eigenvalue weighted by atomic mass is 10.1. The van der Waals surface area contributed by atoms with Gasteiger partial charge in [0.2, 0.25) is 0 Å². The average Bonchev–Trinajstić information content (AvgIpc) is 2.49. The number of hydrogen-bond acceptors (Lipinski definition) is 3. The van der Waals surface area contributed by atoms with Crippen LogP contribution in [0.15, 0.2) is 53.3 Å². The van der Waals surface area contributed by atoms with Crippen LogP contribution >= 0.6 is 15.9 Å². The number of aromatic nitrogens is 2. The zero-order valence-corrected chi connectivity index (χ0v) is 12.8. The van der Waals surface area contributed by atoms with Gasteiger partial charge < -0.3 is 5.32 Å². The maximum atomic E-state index is 12.8. The third kappa shape index (κ3) is 3.36. The van der Waals surface area contributed by atoms with Crippen molar-refractivity contribution in [3.05, 3.63) is 64.6 Å². The van der Waals surface area contributed by atoms with E-state index in [2.05, 4.69) is 31.2 Å². The van der Waals surface area contributed by atoms with Gasteiger partial charge in [-0.2, -0.15) is 0 Å². The molecule has 0 unspecified atom stereocenters. The van der Waals surface area contributed by atoms with E-state index < -0.39 is 0 Å². The standard InChI is InChI=1S/C16H13BrFN3/c17-12-9-15-16(21-10-12)14(6-8-20-15)19-7-5-11-1-3-13(18)4-2-11/h1-4,6,8-10H,5,7H2,(H,19,20). The van der Waals surface area contributed by atoms with Gasteiger partial charge in [-0.1, -0.05) is 12.1 Å². The molecule has 0 aliphatic carbocycles. The molecule has 0 saturated heterocycles. The summed E-state index contributed by atoms with van der Waals surface area (Å²) in [6.07, 6.45) is 4.34. The Morgan fingerprint density at radius 1 is 1.10 bits per heavy atom. The molecule has 5 heteroatoms. The predicted octanol–water partition coefficient (Wildman–Crippen LogP) is 4.19. The first-order chi connectivity index (χ1) is 10.2. The predicted molar refractivity (Wildman–Crippen MR) is 85.8 cm³/mol. The highest BCUT2D eigenvalue weighted by Gasteiger charge is 2.03. The van der Waals surface area contributed by atoms with Gasteiger partial charge >= 0.3 is 0 Å². The fourth-order valence-corrected chi connectivity index (χ4v) is 2.46. The summed E-state index contributed by atoms with van der Waals surface area (Å²) in [4.78, 5) is 8.70. The number of fused-ring (bicyclic) bond motifs is 1. The topological polar surface area (TPSA) is 37.8 Å². The molecule has 0 aliphatic rings. The van der Waals surface area contributed by atoms with Gasteiger partial charge in [0.1, 0.15) is 11.3 Å². The lowest BCUT2D eigenvalue weighted by molar-refractivity contribution is 0.627. The SMILES string of the molecule is Fc1ccc(CCNc2ccnc3cc(Br)cnc23)cc1. The van der Waals surface area contributed by atoms with Gasteiger partial charge in [-0.25, -0.2) is 4.39 Å². The molecule has 0 atom stereocenters. The van der Waals surface area contributed by atoms with E-state index in [9.17, 15) is 4.39 Å². The summed E-state index contributed by atoms with van der Waals surface area (Å²) in [5.41, 5.74) is 3.74. The molecule has 0 fully saturated rings. The highest BCUT2D eigenvalue weighted by atomic mass is 79.9. The normalized spacial score (nSPS) is 10.8. The van der Waals surface area contributed by atoms with Crippen molar-refractivity contribution in [3.8, 4) is 0 Å². The van der Waals surface area contributed by atoms with Gasteiger partial charge in [0.05, 0.1) is 11.2 Å². The first kappa shape index (κ1) is 13.9. The van der Waals surface area contributed by atoms with E-state index in [-0.39, 0.29) is 5.82 Å². The van der Waals surface area contributed by atoms with Crippen molar-refractivity contribution >= 4 is 32.7 Å². The van der Waals surface area contributed by atoms with Crippen LogP contribution in [-0.4, -0.2) is 16.5 Å². The molecule has 1 N–H and O–H groups in total. The van der Waals surface area contributed by atoms with Gasteiger partial charge in [-0.05, 0) is 52.2 Å². The quantitative estimate of drug-likeness (QED) is 0.770. The van der Waals surface area contributed by atoms with E-state index in [1.807, 2.05) is 12.1 Å². The van der Waals surface area contributed by atoms with Gasteiger partial charge in [-0.15, -0.1) is 0 Å². The van der Waals surface area contributed by atoms with E-state index in [1.54, 1.807) is 24.5 Å². The van der Waals surface area contributed by atoms with Gasteiger partial charge in [-0.3, -0.25) is 9.97 Å². The number of nitrogens with one attached hydrogen (secondary N) is 1. The smallest absolute Gasteiger partial charge is 0.123 e. The minimum atomic E-state index is -0.207. The number of halogens is 2. The van der Waals surface area contributed by atoms with Crippen molar-refractivity contribution in [2.75, 3.05) is 11.9 Å². The number of pyridine rings is 2. The molecule has 0 bridgehead atoms. The zero-order valence-electron chi connectivity index (χ0n) is 11.2. The van der Waals surface area contributed by atoms with E-state index in [0.29, 0.717) is 0 Å². The monoisotopic (exact) mass is 345 g/mol. The first-order valence-corrected chi connectivity index (χ1v) is 7.40. The van der Waals surface area contributed by atoms with Crippen LogP contribution in [0.2, 0.25) is 0 Å². The van der Waals surface area contributed by atoms with Gasteiger partial charge in [0, 0.05) is 23.4 Å². The Kier molecular flexibility index (Phi) is 4.10. The third-order valence-corrected chi connectivity index (χ3v) is 3.62. The van der Waals surface area contributed by atoms with E-state index in [4.69, 9.17) is 0 Å². The molecule has 1 aromatic carbocycles. The second kappa shape index (κ2) is 6.18. The Hall–Kier alpha value is -2.01. The Morgan fingerprint density at radius 3 is 2.71 bits per heavy atom. The molecule has 3 rings (SSSR count). The molecular formula is C16H13BrFN3. The minimum Gasteiger partial charge on any atom is -0.383 e. The number of anilines is 1. The summed E-state index contributed by atoms with van der Waals surface area (Å²) in [6, 6.07) is 10.4. The molecule has 2 heterocycles. The number of rotatable bonds is 4. The Balaban J connectivity index is 1.72. The van der Waals surface area contributed by atoms with Crippen molar-refractivity contribution in [1.82, 2.24) is 9.97 Å². The summed E-state index contributed by atoms with van der Waals surface area (Å²) in [6.45, 7) is 0.752. The van der Waals surface area contributed by atoms with Crippen molar-refractivity contribution in [1.29, 1.82) is 0 Å². The fourth-order valence-electron chi connectivity index (χ4n) is 2.14. The van der Waals surface area contributed by atoms with Crippen LogP contribution in [0.3, 0.4) is 0 Å². The fraction of sp³-hybridized carbons (Fsp3) is 0.125. The van der Waals surface area contributed by atoms with Crippen LogP contribution in [-0.2, 0) is 6.42 Å². The Morgan fingerprint density at radius 2 is 1.90 bits per heavy atom. The maximum absolute atomic E-state index is 12.8. The van der Waals surface area contributed by atoms with Crippen LogP contribution in [0.5, 0.6) is 0 Å². The Bertz CT molecular complexity index is 759. The summed E-state index contributed by atoms with van der Waals surface area (Å²) >= 11 is 3.39. The summed E-state index contributed by atoms with van der Waals surface area (Å²) in [7, 11) is 0. The van der Waals surface area contributed by atoms with Crippen LogP contribution in [0.4, 0.5) is 10.1 Å². The molecule has 3 nitrogen and oxygen atoms in total. The number of benzene rings is 1. The van der Waals surface area contributed by atoms with E-state index in [0.717, 1.165) is 39.7 Å². The molecule has 0 saturated carbocycles. The molecule has 2 aromatic heterocycles. The first-order valence-electron chi connectivity index (χ1n) is 6.61. The third-order valence-electron chi connectivity index (χ3n) is 3.19. The molecular weight excluding hydrogens is 333 g/mol. The summed E-state index contributed by atoms with van der Waals surface area (Å²) < 4.78 is 13.8. The lowest BCUT2D eigenvalue weighted by Gasteiger charge is -2.09. The zero-order chi connectivity index (χ0) is 14.7. The minimum absolute atomic E-state index is 0.207. The van der Waals surface area contributed by atoms with Gasteiger partial charge in [0.25, 0.3) is 0 Å². The molecule has 21 heavy (non-hydrogen) atoms. The van der Waals surface area contributed by atoms with Crippen LogP contribution in [0, 0.1) is 5.82 Å². The van der Waals surface area contributed by atoms with Crippen molar-refractivity contribution in [2.24, 2.45) is 0 Å². The van der Waals surface area contributed by atoms with Crippen molar-refractivity contribution in [3.63, 3.8) is 0 Å². The molecule has 0 aliphatic heterocycles. The van der Waals surface area contributed by atoms with E-state index >= 15 is 0 Å². The molecule has 0 spiro atoms. The second-order valence-electron chi connectivity index (χ2n) is 4.68. The molecule has 106 valence electrons. The lowest BCUT2D eigenvalue weighted by Crippen LogP contribution is -2.06. The molecule has 3 aromatic rings.